The maximum Gasteiger partial charge on any atom is 0.267 e. The minimum atomic E-state index is -0.503. The molecule has 0 unspecified atom stereocenters. The fraction of sp³-hybridized carbons (Fsp3) is 0.259. The summed E-state index contributed by atoms with van der Waals surface area (Å²) < 4.78 is 16.4. The van der Waals surface area contributed by atoms with Crippen LogP contribution in [-0.4, -0.2) is 25.8 Å². The summed E-state index contributed by atoms with van der Waals surface area (Å²) in [5, 5.41) is 11.1. The standard InChI is InChI=1S/C27H29FN6O/c1-16-12-21(33-34(16)5)13-19-15-23(31-32-26(19)35)18-8-11-22(28)24(14-18)30-25(29)17-6-9-20(10-7-17)27(2,3)4/h6-12,14-15H,13H2,1-5H3,(H2,29,30)(H,32,35). The van der Waals surface area contributed by atoms with Crippen molar-refractivity contribution in [2.24, 2.45) is 17.8 Å². The van der Waals surface area contributed by atoms with Crippen molar-refractivity contribution >= 4 is 11.5 Å². The third kappa shape index (κ3) is 5.37. The lowest BCUT2D eigenvalue weighted by Gasteiger charge is -2.19. The predicted octanol–water partition coefficient (Wildman–Crippen LogP) is 4.54. The molecule has 0 aliphatic heterocycles. The Morgan fingerprint density at radius 2 is 1.83 bits per heavy atom. The number of aliphatic imine (C=N–C) groups is 1. The molecule has 0 aliphatic carbocycles. The van der Waals surface area contributed by atoms with E-state index in [1.54, 1.807) is 22.9 Å². The lowest BCUT2D eigenvalue weighted by atomic mass is 9.86. The number of halogens is 1. The van der Waals surface area contributed by atoms with Gasteiger partial charge >= 0.3 is 0 Å². The summed E-state index contributed by atoms with van der Waals surface area (Å²) in [7, 11) is 1.85. The SMILES string of the molecule is Cc1cc(Cc2cc(-c3ccc(F)c(N=C(N)c4ccc(C(C)(C)C)cc4)c3)n[nH]c2=O)nn1C. The van der Waals surface area contributed by atoms with Gasteiger partial charge in [-0.2, -0.15) is 10.2 Å². The molecule has 180 valence electrons. The van der Waals surface area contributed by atoms with Crippen LogP contribution in [0.5, 0.6) is 0 Å². The van der Waals surface area contributed by atoms with Gasteiger partial charge in [-0.1, -0.05) is 45.0 Å². The Balaban J connectivity index is 1.64. The Morgan fingerprint density at radius 3 is 2.46 bits per heavy atom. The zero-order valence-electron chi connectivity index (χ0n) is 20.6. The van der Waals surface area contributed by atoms with Crippen LogP contribution in [0.4, 0.5) is 10.1 Å². The Kier molecular flexibility index (Phi) is 6.39. The highest BCUT2D eigenvalue weighted by Gasteiger charge is 2.14. The lowest BCUT2D eigenvalue weighted by molar-refractivity contribution is 0.590. The number of nitrogens with zero attached hydrogens (tertiary/aromatic N) is 4. The molecule has 3 N–H and O–H groups in total. The first-order valence-corrected chi connectivity index (χ1v) is 11.3. The normalized spacial score (nSPS) is 12.2. The van der Waals surface area contributed by atoms with Gasteiger partial charge in [0.25, 0.3) is 5.56 Å². The number of H-pyrrole nitrogens is 1. The van der Waals surface area contributed by atoms with Crippen molar-refractivity contribution in [3.63, 3.8) is 0 Å². The molecule has 4 rings (SSSR count). The third-order valence-electron chi connectivity index (χ3n) is 5.95. The molecule has 0 bridgehead atoms. The van der Waals surface area contributed by atoms with Crippen LogP contribution in [-0.2, 0) is 18.9 Å². The smallest absolute Gasteiger partial charge is 0.267 e. The number of amidine groups is 1. The summed E-state index contributed by atoms with van der Waals surface area (Å²) in [5.41, 5.74) is 11.3. The van der Waals surface area contributed by atoms with Gasteiger partial charge in [0.15, 0.2) is 0 Å². The average Bonchev–Trinajstić information content (AvgIpc) is 3.13. The van der Waals surface area contributed by atoms with E-state index >= 15 is 0 Å². The van der Waals surface area contributed by atoms with Crippen molar-refractivity contribution < 1.29 is 4.39 Å². The van der Waals surface area contributed by atoms with Gasteiger partial charge in [-0.15, -0.1) is 0 Å². The monoisotopic (exact) mass is 472 g/mol. The minimum absolute atomic E-state index is 0.0167. The van der Waals surface area contributed by atoms with E-state index in [-0.39, 0.29) is 22.5 Å². The predicted molar refractivity (Wildman–Crippen MR) is 137 cm³/mol. The number of aromatic amines is 1. The second kappa shape index (κ2) is 9.29. The second-order valence-corrected chi connectivity index (χ2v) is 9.68. The van der Waals surface area contributed by atoms with E-state index in [2.05, 4.69) is 41.1 Å². The van der Waals surface area contributed by atoms with Crippen LogP contribution >= 0.6 is 0 Å². The van der Waals surface area contributed by atoms with Gasteiger partial charge < -0.3 is 5.73 Å². The summed E-state index contributed by atoms with van der Waals surface area (Å²) in [6.07, 6.45) is 0.357. The van der Waals surface area contributed by atoms with Crippen LogP contribution < -0.4 is 11.3 Å². The number of hydrogen-bond acceptors (Lipinski definition) is 4. The van der Waals surface area contributed by atoms with Gasteiger partial charge in [0.1, 0.15) is 17.3 Å². The average molecular weight is 473 g/mol. The van der Waals surface area contributed by atoms with Crippen LogP contribution in [0.2, 0.25) is 0 Å². The van der Waals surface area contributed by atoms with Crippen LogP contribution in [0, 0.1) is 12.7 Å². The largest absolute Gasteiger partial charge is 0.383 e. The molecule has 0 spiro atoms. The molecular formula is C27H29FN6O. The van der Waals surface area contributed by atoms with Crippen LogP contribution in [0.3, 0.4) is 0 Å². The molecule has 0 saturated heterocycles. The molecule has 0 aliphatic rings. The maximum atomic E-state index is 14.6. The van der Waals surface area contributed by atoms with E-state index in [9.17, 15) is 9.18 Å². The molecule has 4 aromatic rings. The van der Waals surface area contributed by atoms with Crippen molar-refractivity contribution in [1.82, 2.24) is 20.0 Å². The second-order valence-electron chi connectivity index (χ2n) is 9.68. The van der Waals surface area contributed by atoms with E-state index in [1.165, 1.54) is 11.6 Å². The lowest BCUT2D eigenvalue weighted by Crippen LogP contribution is -2.15. The highest BCUT2D eigenvalue weighted by atomic mass is 19.1. The molecule has 0 amide bonds. The summed E-state index contributed by atoms with van der Waals surface area (Å²) in [6, 6.07) is 15.9. The minimum Gasteiger partial charge on any atom is -0.383 e. The van der Waals surface area contributed by atoms with E-state index in [0.717, 1.165) is 11.4 Å². The first-order chi connectivity index (χ1) is 16.5. The Hall–Kier alpha value is -4.07. The highest BCUT2D eigenvalue weighted by molar-refractivity contribution is 5.99. The summed E-state index contributed by atoms with van der Waals surface area (Å²) >= 11 is 0. The molecule has 0 fully saturated rings. The van der Waals surface area contributed by atoms with Crippen LogP contribution in [0.25, 0.3) is 11.3 Å². The van der Waals surface area contributed by atoms with Gasteiger partial charge in [-0.25, -0.2) is 14.5 Å². The number of benzene rings is 2. The summed E-state index contributed by atoms with van der Waals surface area (Å²) in [5.74, 6) is -0.293. The number of hydrogen-bond donors (Lipinski definition) is 2. The van der Waals surface area contributed by atoms with Gasteiger partial charge in [0, 0.05) is 35.9 Å². The zero-order chi connectivity index (χ0) is 25.3. The van der Waals surface area contributed by atoms with E-state index < -0.39 is 5.82 Å². The van der Waals surface area contributed by atoms with E-state index in [4.69, 9.17) is 5.73 Å². The fourth-order valence-corrected chi connectivity index (χ4v) is 3.73. The van der Waals surface area contributed by atoms with E-state index in [1.807, 2.05) is 44.3 Å². The van der Waals surface area contributed by atoms with Gasteiger partial charge in [0.05, 0.1) is 11.4 Å². The first-order valence-electron chi connectivity index (χ1n) is 11.3. The van der Waals surface area contributed by atoms with Crippen molar-refractivity contribution in [3.05, 3.63) is 98.8 Å². The number of aryl methyl sites for hydroxylation is 2. The van der Waals surface area contributed by atoms with Gasteiger partial charge in [-0.3, -0.25) is 9.48 Å². The van der Waals surface area contributed by atoms with Gasteiger partial charge in [0.2, 0.25) is 0 Å². The van der Waals surface area contributed by atoms with Crippen molar-refractivity contribution in [3.8, 4) is 11.3 Å². The number of nitrogens with two attached hydrogens (primary N) is 1. The molecule has 2 heterocycles. The molecule has 8 heteroatoms. The third-order valence-corrected chi connectivity index (χ3v) is 5.95. The maximum absolute atomic E-state index is 14.6. The van der Waals surface area contributed by atoms with Crippen molar-refractivity contribution in [2.45, 2.75) is 39.5 Å². The zero-order valence-corrected chi connectivity index (χ0v) is 20.6. The topological polar surface area (TPSA) is 102 Å². The Morgan fingerprint density at radius 1 is 1.11 bits per heavy atom. The molecule has 35 heavy (non-hydrogen) atoms. The van der Waals surface area contributed by atoms with Crippen molar-refractivity contribution in [2.75, 3.05) is 0 Å². The Labute approximate surface area is 203 Å². The molecule has 0 radical (unpaired) electrons. The highest BCUT2D eigenvalue weighted by Crippen LogP contribution is 2.27. The number of rotatable bonds is 5. The molecule has 2 aromatic carbocycles. The summed E-state index contributed by atoms with van der Waals surface area (Å²) in [6.45, 7) is 8.35. The first kappa shape index (κ1) is 24.1. The molecule has 7 nitrogen and oxygen atoms in total. The quantitative estimate of drug-likeness (QED) is 0.329. The molecule has 0 saturated carbocycles. The van der Waals surface area contributed by atoms with Crippen LogP contribution in [0.1, 0.15) is 48.8 Å². The Bertz CT molecular complexity index is 1440. The summed E-state index contributed by atoms with van der Waals surface area (Å²) in [4.78, 5) is 16.7. The van der Waals surface area contributed by atoms with Gasteiger partial charge in [-0.05, 0) is 48.2 Å². The number of aromatic nitrogens is 4. The molecule has 0 atom stereocenters. The van der Waals surface area contributed by atoms with Crippen molar-refractivity contribution in [1.29, 1.82) is 0 Å². The molecule has 2 aromatic heterocycles. The fourth-order valence-electron chi connectivity index (χ4n) is 3.73. The number of nitrogens with one attached hydrogen (secondary N) is 1. The van der Waals surface area contributed by atoms with Crippen LogP contribution in [0.15, 0.2) is 64.4 Å². The van der Waals surface area contributed by atoms with E-state index in [0.29, 0.717) is 28.8 Å². The molecular weight excluding hydrogens is 443 g/mol.